The molecule has 0 atom stereocenters. The monoisotopic (exact) mass is 536 g/mol. The quantitative estimate of drug-likeness (QED) is 0.193. The van der Waals surface area contributed by atoms with Gasteiger partial charge in [-0.3, -0.25) is 18.6 Å². The molecule has 2 heterocycles. The first-order valence-corrected chi connectivity index (χ1v) is 13.2. The van der Waals surface area contributed by atoms with E-state index in [9.17, 15) is 9.59 Å². The van der Waals surface area contributed by atoms with Crippen molar-refractivity contribution in [2.75, 3.05) is 0 Å². The molecule has 0 unspecified atom stereocenters. The van der Waals surface area contributed by atoms with Gasteiger partial charge in [-0.15, -0.1) is 11.6 Å². The van der Waals surface area contributed by atoms with Gasteiger partial charge in [-0.25, -0.2) is 4.79 Å². The first-order chi connectivity index (χ1) is 18.9. The van der Waals surface area contributed by atoms with Gasteiger partial charge in [0.15, 0.2) is 5.65 Å². The predicted molar refractivity (Wildman–Crippen MR) is 161 cm³/mol. The lowest BCUT2D eigenvalue weighted by Crippen LogP contribution is -2.38. The minimum Gasteiger partial charge on any atom is -0.272 e. The molecule has 2 aromatic heterocycles. The van der Waals surface area contributed by atoms with Crippen LogP contribution >= 0.6 is 11.6 Å². The van der Waals surface area contributed by atoms with Crippen LogP contribution in [0.4, 0.5) is 0 Å². The molecular weight excluding hydrogens is 508 g/mol. The van der Waals surface area contributed by atoms with Crippen molar-refractivity contribution in [3.8, 4) is 0 Å². The summed E-state index contributed by atoms with van der Waals surface area (Å²) in [5.41, 5.74) is 2.80. The first kappa shape index (κ1) is 26.2. The molecule has 6 nitrogen and oxygen atoms in total. The number of benzene rings is 4. The summed E-state index contributed by atoms with van der Waals surface area (Å²) in [5.74, 6) is 0.585. The lowest BCUT2D eigenvalue weighted by atomic mass is 10.0. The molecule has 39 heavy (non-hydrogen) atoms. The molecule has 196 valence electrons. The first-order valence-electron chi connectivity index (χ1n) is 12.7. The Kier molecular flexibility index (Phi) is 7.48. The van der Waals surface area contributed by atoms with Gasteiger partial charge in [0.1, 0.15) is 5.39 Å². The van der Waals surface area contributed by atoms with Crippen molar-refractivity contribution in [1.29, 1.82) is 0 Å². The van der Waals surface area contributed by atoms with E-state index in [0.717, 1.165) is 26.5 Å². The van der Waals surface area contributed by atoms with Crippen LogP contribution in [0.5, 0.6) is 0 Å². The van der Waals surface area contributed by atoms with Crippen LogP contribution in [-0.2, 0) is 26.0 Å². The fraction of sp³-hybridized carbons (Fsp3) is 0.156. The fourth-order valence-corrected chi connectivity index (χ4v) is 5.04. The summed E-state index contributed by atoms with van der Waals surface area (Å²) >= 11 is 5.81. The number of hydrogen-bond acceptors (Lipinski definition) is 3. The Morgan fingerprint density at radius 3 is 2.00 bits per heavy atom. The molecule has 0 N–H and O–H groups in total. The minimum atomic E-state index is -0.383. The molecule has 0 saturated carbocycles. The van der Waals surface area contributed by atoms with Crippen LogP contribution in [0.15, 0.2) is 113 Å². The van der Waals surface area contributed by atoms with Gasteiger partial charge in [-0.2, -0.15) is 5.10 Å². The number of nitrogens with zero attached hydrogens (tertiary/aromatic N) is 4. The molecular formula is C32H29ClN4O2. The number of halogens is 1. The second kappa shape index (κ2) is 11.1. The van der Waals surface area contributed by atoms with Crippen LogP contribution in [0.2, 0.25) is 0 Å². The average Bonchev–Trinajstić information content (AvgIpc) is 3.38. The zero-order chi connectivity index (χ0) is 27.5. The highest BCUT2D eigenvalue weighted by Crippen LogP contribution is 2.21. The van der Waals surface area contributed by atoms with Gasteiger partial charge in [0, 0.05) is 25.7 Å². The molecule has 0 aliphatic heterocycles. The fourth-order valence-electron chi connectivity index (χ4n) is 4.81. The van der Waals surface area contributed by atoms with Crippen molar-refractivity contribution < 1.29 is 0 Å². The molecule has 0 fully saturated rings. The Balaban J connectivity index is 0.000000214. The van der Waals surface area contributed by atoms with Crippen molar-refractivity contribution >= 4 is 44.2 Å². The Morgan fingerprint density at radius 1 is 0.821 bits per heavy atom. The molecule has 0 aliphatic rings. The standard InChI is InChI=1S/C21H20N4O2.C11H9Cl/c1-14(2)11-25-19-18(20(26)23(3)21(25)27)13-24(22-19)12-16-9-6-8-15-7-4-5-10-17(15)16;12-8-10-6-3-5-9-4-1-2-7-11(9)10/h4-10,13H,1,11-12H2,2-3H3;1-7H,8H2. The minimum absolute atomic E-state index is 0.328. The summed E-state index contributed by atoms with van der Waals surface area (Å²) in [6.45, 7) is 6.56. The number of aromatic nitrogens is 4. The van der Waals surface area contributed by atoms with Crippen LogP contribution in [-0.4, -0.2) is 18.9 Å². The largest absolute Gasteiger partial charge is 0.332 e. The number of allylic oxidation sites excluding steroid dienone is 1. The highest BCUT2D eigenvalue weighted by atomic mass is 35.5. The normalized spacial score (nSPS) is 11.1. The van der Waals surface area contributed by atoms with E-state index in [1.165, 1.54) is 28.0 Å². The summed E-state index contributed by atoms with van der Waals surface area (Å²) in [5, 5.41) is 9.80. The molecule has 6 aromatic rings. The lowest BCUT2D eigenvalue weighted by Gasteiger charge is -2.08. The molecule has 0 aliphatic carbocycles. The maximum absolute atomic E-state index is 12.5. The molecule has 4 aromatic carbocycles. The van der Waals surface area contributed by atoms with E-state index in [0.29, 0.717) is 30.0 Å². The summed E-state index contributed by atoms with van der Waals surface area (Å²) in [6, 6.07) is 28.8. The van der Waals surface area contributed by atoms with Crippen LogP contribution in [0.1, 0.15) is 18.1 Å². The molecule has 0 spiro atoms. The molecule has 0 radical (unpaired) electrons. The summed E-state index contributed by atoms with van der Waals surface area (Å²) in [7, 11) is 1.49. The smallest absolute Gasteiger partial charge is 0.272 e. The SMILES string of the molecule is C=C(C)Cn1c(=O)n(C)c(=O)c2cn(Cc3cccc4ccccc34)nc21.ClCc1cccc2ccccc12. The highest BCUT2D eigenvalue weighted by Gasteiger charge is 2.15. The average molecular weight is 537 g/mol. The van der Waals surface area contributed by atoms with Gasteiger partial charge < -0.3 is 0 Å². The van der Waals surface area contributed by atoms with Crippen LogP contribution < -0.4 is 11.2 Å². The van der Waals surface area contributed by atoms with Crippen LogP contribution in [0.3, 0.4) is 0 Å². The van der Waals surface area contributed by atoms with E-state index < -0.39 is 0 Å². The van der Waals surface area contributed by atoms with Gasteiger partial charge in [0.25, 0.3) is 5.56 Å². The second-order valence-electron chi connectivity index (χ2n) is 9.66. The van der Waals surface area contributed by atoms with Crippen molar-refractivity contribution in [2.24, 2.45) is 7.05 Å². The van der Waals surface area contributed by atoms with E-state index in [-0.39, 0.29) is 11.2 Å². The third kappa shape index (κ3) is 5.29. The summed E-state index contributed by atoms with van der Waals surface area (Å²) in [6.07, 6.45) is 1.72. The Bertz CT molecular complexity index is 1940. The van der Waals surface area contributed by atoms with Crippen molar-refractivity contribution in [1.82, 2.24) is 18.9 Å². The van der Waals surface area contributed by atoms with E-state index >= 15 is 0 Å². The Hall–Kier alpha value is -4.42. The Labute approximate surface area is 231 Å². The van der Waals surface area contributed by atoms with E-state index in [1.807, 2.05) is 49.4 Å². The zero-order valence-corrected chi connectivity index (χ0v) is 22.7. The van der Waals surface area contributed by atoms with Gasteiger partial charge in [0.2, 0.25) is 0 Å². The highest BCUT2D eigenvalue weighted by molar-refractivity contribution is 6.18. The number of rotatable bonds is 5. The van der Waals surface area contributed by atoms with E-state index in [4.69, 9.17) is 11.6 Å². The molecule has 0 amide bonds. The van der Waals surface area contributed by atoms with Crippen molar-refractivity contribution in [3.63, 3.8) is 0 Å². The van der Waals surface area contributed by atoms with Gasteiger partial charge in [-0.1, -0.05) is 97.1 Å². The predicted octanol–water partition coefficient (Wildman–Crippen LogP) is 6.25. The number of fused-ring (bicyclic) bond motifs is 3. The molecule has 0 saturated heterocycles. The van der Waals surface area contributed by atoms with Crippen molar-refractivity contribution in [2.45, 2.75) is 25.9 Å². The van der Waals surface area contributed by atoms with Gasteiger partial charge >= 0.3 is 5.69 Å². The third-order valence-electron chi connectivity index (χ3n) is 6.71. The topological polar surface area (TPSA) is 61.8 Å². The Morgan fingerprint density at radius 2 is 1.38 bits per heavy atom. The van der Waals surface area contributed by atoms with Crippen LogP contribution in [0, 0.1) is 0 Å². The zero-order valence-electron chi connectivity index (χ0n) is 22.0. The number of alkyl halides is 1. The third-order valence-corrected chi connectivity index (χ3v) is 7.00. The lowest BCUT2D eigenvalue weighted by molar-refractivity contribution is 0.647. The molecule has 7 heteroatoms. The molecule has 0 bridgehead atoms. The second-order valence-corrected chi connectivity index (χ2v) is 9.93. The van der Waals surface area contributed by atoms with E-state index in [1.54, 1.807) is 10.9 Å². The summed E-state index contributed by atoms with van der Waals surface area (Å²) < 4.78 is 4.34. The number of hydrogen-bond donors (Lipinski definition) is 0. The van der Waals surface area contributed by atoms with Crippen LogP contribution in [0.25, 0.3) is 32.6 Å². The summed E-state index contributed by atoms with van der Waals surface area (Å²) in [4.78, 5) is 25.1. The van der Waals surface area contributed by atoms with Gasteiger partial charge in [0.05, 0.1) is 6.54 Å². The van der Waals surface area contributed by atoms with Gasteiger partial charge in [-0.05, 0) is 39.6 Å². The maximum atomic E-state index is 12.5. The maximum Gasteiger partial charge on any atom is 0.332 e. The van der Waals surface area contributed by atoms with E-state index in [2.05, 4.69) is 54.1 Å². The van der Waals surface area contributed by atoms with Crippen molar-refractivity contribution in [3.05, 3.63) is 135 Å². The molecule has 6 rings (SSSR count).